The molecule has 0 aromatic heterocycles. The van der Waals surface area contributed by atoms with Gasteiger partial charge in [0.25, 0.3) is 0 Å². The molecule has 0 aromatic rings. The number of rotatable bonds is 5. The molecule has 0 aromatic carbocycles. The fourth-order valence-electron chi connectivity index (χ4n) is 2.17. The van der Waals surface area contributed by atoms with E-state index < -0.39 is 55.4 Å². The second-order valence-electron chi connectivity index (χ2n) is 4.93. The van der Waals surface area contributed by atoms with Crippen molar-refractivity contribution < 1.29 is 40.2 Å². The third-order valence-electron chi connectivity index (χ3n) is 3.19. The van der Waals surface area contributed by atoms with Gasteiger partial charge >= 0.3 is 0 Å². The first-order valence-electron chi connectivity index (χ1n) is 6.17. The zero-order valence-corrected chi connectivity index (χ0v) is 11.0. The summed E-state index contributed by atoms with van der Waals surface area (Å²) < 4.78 is 5.10. The van der Waals surface area contributed by atoms with Crippen LogP contribution < -0.4 is 5.32 Å². The van der Waals surface area contributed by atoms with Crippen LogP contribution in [0.15, 0.2) is 0 Å². The first-order valence-corrected chi connectivity index (χ1v) is 6.17. The molecule has 1 rings (SSSR count). The van der Waals surface area contributed by atoms with E-state index >= 15 is 0 Å². The Balaban J connectivity index is 2.98. The van der Waals surface area contributed by atoms with E-state index in [-0.39, 0.29) is 6.42 Å². The molecule has 118 valence electrons. The van der Waals surface area contributed by atoms with E-state index in [1.165, 1.54) is 6.92 Å². The van der Waals surface area contributed by atoms with Gasteiger partial charge in [-0.1, -0.05) is 0 Å². The van der Waals surface area contributed by atoms with Crippen LogP contribution in [-0.4, -0.2) is 86.0 Å². The molecule has 7 N–H and O–H groups in total. The molecular weight excluding hydrogens is 274 g/mol. The second kappa shape index (κ2) is 6.76. The Morgan fingerprint density at radius 1 is 1.45 bits per heavy atom. The fourth-order valence-corrected chi connectivity index (χ4v) is 2.17. The first-order chi connectivity index (χ1) is 9.24. The second-order valence-corrected chi connectivity index (χ2v) is 4.93. The highest BCUT2D eigenvalue weighted by atomic mass is 16.7. The van der Waals surface area contributed by atoms with Gasteiger partial charge in [0.05, 0.1) is 25.4 Å². The Hall–Kier alpha value is -0.810. The van der Waals surface area contributed by atoms with Crippen molar-refractivity contribution in [3.8, 4) is 0 Å². The fraction of sp³-hybridized carbons (Fsp3) is 0.909. The highest BCUT2D eigenvalue weighted by molar-refractivity contribution is 5.73. The summed E-state index contributed by atoms with van der Waals surface area (Å²) >= 11 is 0. The van der Waals surface area contributed by atoms with Crippen LogP contribution in [0.3, 0.4) is 0 Å². The number of hydrogen-bond acceptors (Lipinski definition) is 8. The topological polar surface area (TPSA) is 160 Å². The highest BCUT2D eigenvalue weighted by Gasteiger charge is 2.49. The summed E-state index contributed by atoms with van der Waals surface area (Å²) in [5.74, 6) is -2.61. The van der Waals surface area contributed by atoms with Crippen molar-refractivity contribution in [2.24, 2.45) is 0 Å². The van der Waals surface area contributed by atoms with Crippen molar-refractivity contribution >= 4 is 5.91 Å². The van der Waals surface area contributed by atoms with Gasteiger partial charge < -0.3 is 40.7 Å². The van der Waals surface area contributed by atoms with E-state index in [0.717, 1.165) is 0 Å². The number of nitrogens with one attached hydrogen (secondary N) is 1. The normalized spacial score (nSPS) is 37.2. The number of aliphatic hydroxyl groups is 6. The summed E-state index contributed by atoms with van der Waals surface area (Å²) in [7, 11) is 0. The summed E-state index contributed by atoms with van der Waals surface area (Å²) in [5.41, 5.74) is 0. The van der Waals surface area contributed by atoms with Crippen LogP contribution in [0.1, 0.15) is 13.3 Å². The van der Waals surface area contributed by atoms with Gasteiger partial charge in [0.1, 0.15) is 18.3 Å². The summed E-state index contributed by atoms with van der Waals surface area (Å²) in [5, 5.41) is 59.4. The zero-order valence-electron chi connectivity index (χ0n) is 11.0. The SMILES string of the molecule is CC(=O)NC1C(O)CC(O)(CO)OC1C(O)C(O)CO. The minimum atomic E-state index is -2.10. The molecule has 0 aliphatic carbocycles. The Morgan fingerprint density at radius 2 is 2.05 bits per heavy atom. The molecule has 1 saturated heterocycles. The average molecular weight is 295 g/mol. The third kappa shape index (κ3) is 3.85. The largest absolute Gasteiger partial charge is 0.394 e. The van der Waals surface area contributed by atoms with Gasteiger partial charge in [-0.05, 0) is 0 Å². The molecule has 1 fully saturated rings. The molecule has 1 aliphatic heterocycles. The molecule has 6 atom stereocenters. The number of carbonyl (C=O) groups is 1. The summed E-state index contributed by atoms with van der Waals surface area (Å²) in [6, 6.07) is -1.10. The molecule has 0 saturated carbocycles. The van der Waals surface area contributed by atoms with Gasteiger partial charge in [0.15, 0.2) is 5.79 Å². The van der Waals surface area contributed by atoms with Gasteiger partial charge in [-0.15, -0.1) is 0 Å². The van der Waals surface area contributed by atoms with Crippen molar-refractivity contribution in [3.05, 3.63) is 0 Å². The molecule has 0 bridgehead atoms. The molecule has 6 unspecified atom stereocenters. The first kappa shape index (κ1) is 17.2. The molecule has 1 aliphatic rings. The van der Waals surface area contributed by atoms with E-state index in [4.69, 9.17) is 14.9 Å². The van der Waals surface area contributed by atoms with Gasteiger partial charge in [0, 0.05) is 13.3 Å². The summed E-state index contributed by atoms with van der Waals surface area (Å²) in [4.78, 5) is 11.1. The number of ether oxygens (including phenoxy) is 1. The average Bonchev–Trinajstić information content (AvgIpc) is 2.39. The van der Waals surface area contributed by atoms with Crippen LogP contribution in [0.2, 0.25) is 0 Å². The van der Waals surface area contributed by atoms with E-state index in [1.54, 1.807) is 0 Å². The smallest absolute Gasteiger partial charge is 0.217 e. The summed E-state index contributed by atoms with van der Waals surface area (Å²) in [6.07, 6.45) is -6.36. The van der Waals surface area contributed by atoms with Crippen LogP contribution >= 0.6 is 0 Å². The molecule has 20 heavy (non-hydrogen) atoms. The molecule has 0 radical (unpaired) electrons. The zero-order chi connectivity index (χ0) is 15.5. The molecular formula is C11H21NO8. The predicted octanol–water partition coefficient (Wildman–Crippen LogP) is -3.96. The molecule has 1 heterocycles. The van der Waals surface area contributed by atoms with Gasteiger partial charge in [0.2, 0.25) is 5.91 Å². The lowest BCUT2D eigenvalue weighted by atomic mass is 9.89. The Kier molecular flexibility index (Phi) is 5.83. The number of amides is 1. The number of carbonyl (C=O) groups excluding carboxylic acids is 1. The van der Waals surface area contributed by atoms with E-state index in [9.17, 15) is 25.2 Å². The predicted molar refractivity (Wildman–Crippen MR) is 64.2 cm³/mol. The lowest BCUT2D eigenvalue weighted by Crippen LogP contribution is -2.66. The quantitative estimate of drug-likeness (QED) is 0.270. The van der Waals surface area contributed by atoms with Gasteiger partial charge in [-0.3, -0.25) is 4.79 Å². The molecule has 9 heteroatoms. The highest BCUT2D eigenvalue weighted by Crippen LogP contribution is 2.29. The van der Waals surface area contributed by atoms with Crippen molar-refractivity contribution in [2.45, 2.75) is 49.6 Å². The number of hydrogen-bond donors (Lipinski definition) is 7. The molecule has 1 amide bonds. The van der Waals surface area contributed by atoms with Crippen molar-refractivity contribution in [3.63, 3.8) is 0 Å². The molecule has 0 spiro atoms. The Labute approximate surface area is 115 Å². The third-order valence-corrected chi connectivity index (χ3v) is 3.19. The number of aliphatic hydroxyl groups excluding tert-OH is 5. The maximum Gasteiger partial charge on any atom is 0.217 e. The van der Waals surface area contributed by atoms with Crippen LogP contribution in [0.25, 0.3) is 0 Å². The monoisotopic (exact) mass is 295 g/mol. The van der Waals surface area contributed by atoms with Crippen molar-refractivity contribution in [1.29, 1.82) is 0 Å². The van der Waals surface area contributed by atoms with Crippen molar-refractivity contribution in [2.75, 3.05) is 13.2 Å². The van der Waals surface area contributed by atoms with Crippen LogP contribution in [0.5, 0.6) is 0 Å². The van der Waals surface area contributed by atoms with Crippen molar-refractivity contribution in [1.82, 2.24) is 5.32 Å². The van der Waals surface area contributed by atoms with E-state index in [2.05, 4.69) is 5.32 Å². The standard InChI is InChI=1S/C11H21NO8/c1-5(15)12-8-6(16)2-11(19,4-14)20-10(8)9(18)7(17)3-13/h6-10,13-14,16-19H,2-4H2,1H3,(H,12,15). The maximum atomic E-state index is 11.1. The van der Waals surface area contributed by atoms with E-state index in [0.29, 0.717) is 0 Å². The Bertz CT molecular complexity index is 340. The van der Waals surface area contributed by atoms with Crippen LogP contribution in [0.4, 0.5) is 0 Å². The van der Waals surface area contributed by atoms with Crippen LogP contribution in [-0.2, 0) is 9.53 Å². The lowest BCUT2D eigenvalue weighted by Gasteiger charge is -2.45. The Morgan fingerprint density at radius 3 is 2.50 bits per heavy atom. The van der Waals surface area contributed by atoms with Gasteiger partial charge in [-0.2, -0.15) is 0 Å². The summed E-state index contributed by atoms with van der Waals surface area (Å²) in [6.45, 7) is -0.428. The maximum absolute atomic E-state index is 11.1. The minimum Gasteiger partial charge on any atom is -0.394 e. The van der Waals surface area contributed by atoms with Crippen LogP contribution in [0, 0.1) is 0 Å². The molecule has 9 nitrogen and oxygen atoms in total. The van der Waals surface area contributed by atoms with E-state index in [1.807, 2.05) is 0 Å². The minimum absolute atomic E-state index is 0.382. The van der Waals surface area contributed by atoms with Gasteiger partial charge in [-0.25, -0.2) is 0 Å². The lowest BCUT2D eigenvalue weighted by molar-refractivity contribution is -0.312.